The molecule has 140 valence electrons. The third-order valence-electron chi connectivity index (χ3n) is 7.51. The molecule has 0 aromatic rings. The van der Waals surface area contributed by atoms with Crippen LogP contribution in [0.15, 0.2) is 0 Å². The minimum absolute atomic E-state index is 0.177. The van der Waals surface area contributed by atoms with Crippen molar-refractivity contribution in [2.75, 3.05) is 33.3 Å². The zero-order valence-electron chi connectivity index (χ0n) is 15.6. The summed E-state index contributed by atoms with van der Waals surface area (Å²) in [5.41, 5.74) is 0.545. The molecule has 3 aliphatic heterocycles. The average molecular weight is 349 g/mol. The molecule has 3 saturated heterocycles. The van der Waals surface area contributed by atoms with Crippen LogP contribution in [-0.4, -0.2) is 67.2 Å². The standard InChI is InChI=1S/C19H31N3O3/c1-3-15-19(12-16(23)20-15)5-8-21(9-6-19)14-10-18(11-14)4-7-22(13-18)17(24)25-2/h14-15H,3-13H2,1-2H3,(H,20,23). The molecule has 1 N–H and O–H groups in total. The van der Waals surface area contributed by atoms with Crippen molar-refractivity contribution in [3.05, 3.63) is 0 Å². The first kappa shape index (κ1) is 17.1. The number of hydrogen-bond acceptors (Lipinski definition) is 4. The van der Waals surface area contributed by atoms with Crippen LogP contribution in [0.25, 0.3) is 0 Å². The fourth-order valence-electron chi connectivity index (χ4n) is 5.99. The summed E-state index contributed by atoms with van der Waals surface area (Å²) >= 11 is 0. The van der Waals surface area contributed by atoms with Gasteiger partial charge in [-0.15, -0.1) is 0 Å². The molecule has 2 spiro atoms. The largest absolute Gasteiger partial charge is 0.453 e. The molecule has 6 heteroatoms. The van der Waals surface area contributed by atoms with Crippen molar-refractivity contribution >= 4 is 12.0 Å². The molecule has 0 aromatic heterocycles. The van der Waals surface area contributed by atoms with Gasteiger partial charge < -0.3 is 19.9 Å². The van der Waals surface area contributed by atoms with E-state index in [1.807, 2.05) is 4.90 Å². The Balaban J connectivity index is 1.29. The van der Waals surface area contributed by atoms with E-state index in [4.69, 9.17) is 4.74 Å². The smallest absolute Gasteiger partial charge is 0.409 e. The van der Waals surface area contributed by atoms with Crippen molar-refractivity contribution < 1.29 is 14.3 Å². The number of carbonyl (C=O) groups is 2. The van der Waals surface area contributed by atoms with E-state index in [1.54, 1.807) is 0 Å². The summed E-state index contributed by atoms with van der Waals surface area (Å²) in [5.74, 6) is 0.247. The predicted octanol–water partition coefficient (Wildman–Crippen LogP) is 1.99. The SMILES string of the molecule is CCC1NC(=O)CC12CCN(C1CC3(CCN(C(=O)OC)C3)C1)CC2. The van der Waals surface area contributed by atoms with E-state index >= 15 is 0 Å². The van der Waals surface area contributed by atoms with Gasteiger partial charge in [0.15, 0.2) is 0 Å². The first-order chi connectivity index (χ1) is 12.0. The van der Waals surface area contributed by atoms with Gasteiger partial charge in [-0.1, -0.05) is 6.92 Å². The predicted molar refractivity (Wildman–Crippen MR) is 94.1 cm³/mol. The molecule has 2 amide bonds. The van der Waals surface area contributed by atoms with Gasteiger partial charge in [-0.05, 0) is 57.0 Å². The highest BCUT2D eigenvalue weighted by molar-refractivity contribution is 5.80. The molecular weight excluding hydrogens is 318 g/mol. The summed E-state index contributed by atoms with van der Waals surface area (Å²) in [6.07, 6.45) is 7.41. The van der Waals surface area contributed by atoms with Crippen LogP contribution in [0.1, 0.15) is 51.9 Å². The number of piperidine rings is 1. The molecule has 25 heavy (non-hydrogen) atoms. The van der Waals surface area contributed by atoms with E-state index in [9.17, 15) is 9.59 Å². The van der Waals surface area contributed by atoms with E-state index in [-0.39, 0.29) is 17.4 Å². The lowest BCUT2D eigenvalue weighted by molar-refractivity contribution is -0.120. The van der Waals surface area contributed by atoms with Gasteiger partial charge in [0.25, 0.3) is 0 Å². The molecule has 4 fully saturated rings. The lowest BCUT2D eigenvalue weighted by Crippen LogP contribution is -2.56. The van der Waals surface area contributed by atoms with Gasteiger partial charge in [0.2, 0.25) is 5.91 Å². The van der Waals surface area contributed by atoms with E-state index in [2.05, 4.69) is 17.1 Å². The highest BCUT2D eigenvalue weighted by atomic mass is 16.5. The van der Waals surface area contributed by atoms with Gasteiger partial charge in [-0.25, -0.2) is 4.79 Å². The summed E-state index contributed by atoms with van der Waals surface area (Å²) in [6.45, 7) is 6.13. The normalized spacial score (nSPS) is 37.4. The van der Waals surface area contributed by atoms with Crippen molar-refractivity contribution in [1.29, 1.82) is 0 Å². The second-order valence-electron chi connectivity index (χ2n) is 8.81. The van der Waals surface area contributed by atoms with E-state index in [0.717, 1.165) is 58.3 Å². The number of carbonyl (C=O) groups excluding carboxylic acids is 2. The van der Waals surface area contributed by atoms with Crippen LogP contribution in [0.3, 0.4) is 0 Å². The lowest BCUT2D eigenvalue weighted by atomic mass is 9.63. The molecular formula is C19H31N3O3. The third kappa shape index (κ3) is 2.82. The van der Waals surface area contributed by atoms with Crippen LogP contribution in [-0.2, 0) is 9.53 Å². The van der Waals surface area contributed by atoms with Gasteiger partial charge >= 0.3 is 6.09 Å². The minimum Gasteiger partial charge on any atom is -0.453 e. The highest BCUT2D eigenvalue weighted by Crippen LogP contribution is 2.52. The van der Waals surface area contributed by atoms with Crippen LogP contribution >= 0.6 is 0 Å². The Morgan fingerprint density at radius 1 is 1.24 bits per heavy atom. The van der Waals surface area contributed by atoms with Crippen molar-refractivity contribution in [3.63, 3.8) is 0 Å². The average Bonchev–Trinajstić information content (AvgIpc) is 3.16. The van der Waals surface area contributed by atoms with E-state index < -0.39 is 0 Å². The number of rotatable bonds is 2. The van der Waals surface area contributed by atoms with Crippen molar-refractivity contribution in [2.45, 2.75) is 64.0 Å². The van der Waals surface area contributed by atoms with Crippen molar-refractivity contribution in [2.24, 2.45) is 10.8 Å². The molecule has 1 saturated carbocycles. The van der Waals surface area contributed by atoms with Gasteiger partial charge in [0.1, 0.15) is 0 Å². The highest BCUT2D eigenvalue weighted by Gasteiger charge is 2.53. The zero-order valence-corrected chi connectivity index (χ0v) is 15.6. The van der Waals surface area contributed by atoms with Crippen LogP contribution in [0.5, 0.6) is 0 Å². The summed E-state index contributed by atoms with van der Waals surface area (Å²) in [6, 6.07) is 1.04. The number of likely N-dealkylation sites (tertiary alicyclic amines) is 2. The first-order valence-corrected chi connectivity index (χ1v) is 9.85. The Morgan fingerprint density at radius 3 is 2.60 bits per heavy atom. The molecule has 4 aliphatic rings. The molecule has 6 nitrogen and oxygen atoms in total. The summed E-state index contributed by atoms with van der Waals surface area (Å²) < 4.78 is 4.87. The lowest BCUT2D eigenvalue weighted by Gasteiger charge is -2.53. The third-order valence-corrected chi connectivity index (χ3v) is 7.51. The fraction of sp³-hybridized carbons (Fsp3) is 0.895. The molecule has 0 aromatic carbocycles. The summed E-state index contributed by atoms with van der Waals surface area (Å²) in [7, 11) is 1.46. The topological polar surface area (TPSA) is 61.9 Å². The van der Waals surface area contributed by atoms with Crippen LogP contribution in [0.4, 0.5) is 4.79 Å². The molecule has 1 unspecified atom stereocenters. The number of hydrogen-bond donors (Lipinski definition) is 1. The second-order valence-corrected chi connectivity index (χ2v) is 8.81. The van der Waals surface area contributed by atoms with E-state index in [1.165, 1.54) is 20.0 Å². The van der Waals surface area contributed by atoms with Crippen LogP contribution in [0.2, 0.25) is 0 Å². The maximum Gasteiger partial charge on any atom is 0.409 e. The molecule has 0 bridgehead atoms. The molecule has 0 radical (unpaired) electrons. The van der Waals surface area contributed by atoms with Gasteiger partial charge in [-0.2, -0.15) is 0 Å². The Bertz CT molecular complexity index is 550. The summed E-state index contributed by atoms with van der Waals surface area (Å²) in [4.78, 5) is 28.1. The molecule has 1 aliphatic carbocycles. The number of nitrogens with zero attached hydrogens (tertiary/aromatic N) is 2. The van der Waals surface area contributed by atoms with Crippen LogP contribution in [0, 0.1) is 10.8 Å². The second kappa shape index (κ2) is 6.15. The van der Waals surface area contributed by atoms with Crippen molar-refractivity contribution in [1.82, 2.24) is 15.1 Å². The fourth-order valence-corrected chi connectivity index (χ4v) is 5.99. The van der Waals surface area contributed by atoms with Gasteiger partial charge in [0.05, 0.1) is 7.11 Å². The van der Waals surface area contributed by atoms with Crippen molar-refractivity contribution in [3.8, 4) is 0 Å². The van der Waals surface area contributed by atoms with Crippen LogP contribution < -0.4 is 5.32 Å². The van der Waals surface area contributed by atoms with E-state index in [0.29, 0.717) is 17.5 Å². The quantitative estimate of drug-likeness (QED) is 0.828. The Labute approximate surface area is 150 Å². The van der Waals surface area contributed by atoms with Gasteiger partial charge in [-0.3, -0.25) is 4.79 Å². The first-order valence-electron chi connectivity index (χ1n) is 9.85. The van der Waals surface area contributed by atoms with Gasteiger partial charge in [0, 0.05) is 37.0 Å². The molecule has 4 rings (SSSR count). The Kier molecular flexibility index (Phi) is 4.21. The Hall–Kier alpha value is -1.30. The number of methoxy groups -OCH3 is 1. The number of amides is 2. The zero-order chi connectivity index (χ0) is 17.7. The maximum atomic E-state index is 11.9. The maximum absolute atomic E-state index is 11.9. The minimum atomic E-state index is -0.177. The number of nitrogens with one attached hydrogen (secondary N) is 1. The molecule has 1 atom stereocenters. The monoisotopic (exact) mass is 349 g/mol. The summed E-state index contributed by atoms with van der Waals surface area (Å²) in [5, 5.41) is 3.19. The molecule has 3 heterocycles. The Morgan fingerprint density at radius 2 is 1.96 bits per heavy atom. The number of ether oxygens (including phenoxy) is 1.